The first-order valence-electron chi connectivity index (χ1n) is 7.54. The first kappa shape index (κ1) is 19.2. The van der Waals surface area contributed by atoms with Crippen molar-refractivity contribution in [3.05, 3.63) is 52.6 Å². The Bertz CT molecular complexity index is 926. The highest BCUT2D eigenvalue weighted by Crippen LogP contribution is 2.29. The maximum atomic E-state index is 12.5. The quantitative estimate of drug-likeness (QED) is 0.562. The highest BCUT2D eigenvalue weighted by atomic mass is 32.2. The largest absolute Gasteiger partial charge is 0.492 e. The van der Waals surface area contributed by atoms with E-state index in [-0.39, 0.29) is 27.9 Å². The van der Waals surface area contributed by atoms with Gasteiger partial charge in [0.2, 0.25) is 5.91 Å². The number of benzene rings is 2. The molecule has 0 aromatic heterocycles. The Morgan fingerprint density at radius 2 is 1.85 bits per heavy atom. The van der Waals surface area contributed by atoms with E-state index in [9.17, 15) is 23.3 Å². The zero-order valence-electron chi connectivity index (χ0n) is 14.1. The van der Waals surface area contributed by atoms with Gasteiger partial charge in [0.05, 0.1) is 22.1 Å². The number of nitro groups is 1. The highest BCUT2D eigenvalue weighted by molar-refractivity contribution is 7.92. The topological polar surface area (TPSA) is 128 Å². The second-order valence-corrected chi connectivity index (χ2v) is 6.86. The van der Waals surface area contributed by atoms with Crippen LogP contribution >= 0.6 is 0 Å². The van der Waals surface area contributed by atoms with E-state index in [1.807, 2.05) is 0 Å². The van der Waals surface area contributed by atoms with E-state index < -0.39 is 14.9 Å². The minimum Gasteiger partial charge on any atom is -0.492 e. The van der Waals surface area contributed by atoms with E-state index in [4.69, 9.17) is 4.74 Å². The predicted molar refractivity (Wildman–Crippen MR) is 95.8 cm³/mol. The van der Waals surface area contributed by atoms with Crippen LogP contribution in [0.1, 0.15) is 13.8 Å². The van der Waals surface area contributed by atoms with Gasteiger partial charge in [0.1, 0.15) is 5.75 Å². The van der Waals surface area contributed by atoms with Gasteiger partial charge in [0.15, 0.2) is 0 Å². The SMILES string of the molecule is CCOc1ccc(S(=O)(=O)Nc2ccc([N+](=O)[O-])cc2)cc1NC(C)=O. The van der Waals surface area contributed by atoms with E-state index in [2.05, 4.69) is 10.0 Å². The summed E-state index contributed by atoms with van der Waals surface area (Å²) >= 11 is 0. The molecule has 26 heavy (non-hydrogen) atoms. The van der Waals surface area contributed by atoms with Gasteiger partial charge < -0.3 is 10.1 Å². The Morgan fingerprint density at radius 1 is 1.19 bits per heavy atom. The van der Waals surface area contributed by atoms with Gasteiger partial charge in [-0.15, -0.1) is 0 Å². The van der Waals surface area contributed by atoms with E-state index in [0.29, 0.717) is 12.4 Å². The van der Waals surface area contributed by atoms with Crippen LogP contribution in [0.4, 0.5) is 17.1 Å². The molecule has 9 nitrogen and oxygen atoms in total. The maximum Gasteiger partial charge on any atom is 0.269 e. The second-order valence-electron chi connectivity index (χ2n) is 5.18. The first-order valence-corrected chi connectivity index (χ1v) is 9.03. The normalized spacial score (nSPS) is 10.8. The summed E-state index contributed by atoms with van der Waals surface area (Å²) in [5.74, 6) is -0.0270. The number of rotatable bonds is 7. The zero-order chi connectivity index (χ0) is 19.3. The molecule has 0 aliphatic carbocycles. The Kier molecular flexibility index (Phi) is 5.78. The molecule has 2 aromatic rings. The Hall–Kier alpha value is -3.14. The molecule has 10 heteroatoms. The van der Waals surface area contributed by atoms with Crippen LogP contribution in [0.25, 0.3) is 0 Å². The number of hydrogen-bond donors (Lipinski definition) is 2. The summed E-state index contributed by atoms with van der Waals surface area (Å²) in [5.41, 5.74) is 0.249. The lowest BCUT2D eigenvalue weighted by molar-refractivity contribution is -0.384. The average molecular weight is 379 g/mol. The van der Waals surface area contributed by atoms with Crippen LogP contribution in [0.5, 0.6) is 5.75 Å². The summed E-state index contributed by atoms with van der Waals surface area (Å²) < 4.78 is 32.8. The van der Waals surface area contributed by atoms with E-state index in [1.54, 1.807) is 6.92 Å². The zero-order valence-corrected chi connectivity index (χ0v) is 14.9. The van der Waals surface area contributed by atoms with Crippen molar-refractivity contribution in [1.29, 1.82) is 0 Å². The van der Waals surface area contributed by atoms with Crippen LogP contribution < -0.4 is 14.8 Å². The average Bonchev–Trinajstić information content (AvgIpc) is 2.56. The molecule has 0 heterocycles. The maximum absolute atomic E-state index is 12.5. The molecule has 0 spiro atoms. The van der Waals surface area contributed by atoms with Crippen molar-refractivity contribution in [2.24, 2.45) is 0 Å². The Balaban J connectivity index is 2.32. The van der Waals surface area contributed by atoms with Crippen molar-refractivity contribution in [2.75, 3.05) is 16.6 Å². The van der Waals surface area contributed by atoms with Gasteiger partial charge in [0, 0.05) is 24.7 Å². The molecule has 2 N–H and O–H groups in total. The van der Waals surface area contributed by atoms with Crippen molar-refractivity contribution < 1.29 is 22.9 Å². The standard InChI is InChI=1S/C16H17N3O6S/c1-3-25-16-9-8-14(10-15(16)17-11(2)20)26(23,24)18-12-4-6-13(7-5-12)19(21)22/h4-10,18H,3H2,1-2H3,(H,17,20). The second kappa shape index (κ2) is 7.83. The van der Waals surface area contributed by atoms with Crippen LogP contribution in [0, 0.1) is 10.1 Å². The summed E-state index contributed by atoms with van der Waals surface area (Å²) in [6, 6.07) is 9.03. The van der Waals surface area contributed by atoms with E-state index in [0.717, 1.165) is 0 Å². The number of non-ortho nitro benzene ring substituents is 1. The lowest BCUT2D eigenvalue weighted by Crippen LogP contribution is -2.14. The lowest BCUT2D eigenvalue weighted by atomic mass is 10.3. The summed E-state index contributed by atoms with van der Waals surface area (Å²) in [7, 11) is -3.96. The van der Waals surface area contributed by atoms with Crippen molar-refractivity contribution in [3.8, 4) is 5.75 Å². The van der Waals surface area contributed by atoms with Gasteiger partial charge in [-0.2, -0.15) is 0 Å². The van der Waals surface area contributed by atoms with Gasteiger partial charge in [-0.05, 0) is 37.3 Å². The molecule has 0 aliphatic rings. The van der Waals surface area contributed by atoms with Crippen LogP contribution in [0.2, 0.25) is 0 Å². The van der Waals surface area contributed by atoms with Gasteiger partial charge in [0.25, 0.3) is 15.7 Å². The molecular formula is C16H17N3O6S. The molecule has 0 radical (unpaired) electrons. The minimum atomic E-state index is -3.96. The predicted octanol–water partition coefficient (Wildman–Crippen LogP) is 2.75. The number of nitrogens with one attached hydrogen (secondary N) is 2. The first-order chi connectivity index (χ1) is 12.2. The van der Waals surface area contributed by atoms with Crippen molar-refractivity contribution in [3.63, 3.8) is 0 Å². The number of nitrogens with zero attached hydrogens (tertiary/aromatic N) is 1. The molecule has 1 amide bonds. The third-order valence-corrected chi connectivity index (χ3v) is 4.58. The lowest BCUT2D eigenvalue weighted by Gasteiger charge is -2.13. The van der Waals surface area contributed by atoms with Crippen molar-refractivity contribution >= 4 is 33.0 Å². The molecule has 2 rings (SSSR count). The summed E-state index contributed by atoms with van der Waals surface area (Å²) in [6.45, 7) is 3.41. The Labute approximate surface area is 150 Å². The van der Waals surface area contributed by atoms with E-state index in [1.165, 1.54) is 49.4 Å². The molecule has 2 aromatic carbocycles. The van der Waals surface area contributed by atoms with Crippen LogP contribution in [-0.4, -0.2) is 25.9 Å². The highest BCUT2D eigenvalue weighted by Gasteiger charge is 2.18. The van der Waals surface area contributed by atoms with Crippen molar-refractivity contribution in [2.45, 2.75) is 18.7 Å². The number of anilines is 2. The number of hydrogen-bond acceptors (Lipinski definition) is 6. The van der Waals surface area contributed by atoms with Gasteiger partial charge in [-0.3, -0.25) is 19.6 Å². The fourth-order valence-electron chi connectivity index (χ4n) is 2.11. The number of ether oxygens (including phenoxy) is 1. The fraction of sp³-hybridized carbons (Fsp3) is 0.188. The molecule has 138 valence electrons. The summed E-state index contributed by atoms with van der Waals surface area (Å²) in [6.07, 6.45) is 0. The molecule has 0 aliphatic heterocycles. The van der Waals surface area contributed by atoms with Crippen LogP contribution in [-0.2, 0) is 14.8 Å². The third kappa shape index (κ3) is 4.70. The van der Waals surface area contributed by atoms with E-state index >= 15 is 0 Å². The number of amides is 1. The number of carbonyl (C=O) groups excluding carboxylic acids is 1. The molecular weight excluding hydrogens is 362 g/mol. The van der Waals surface area contributed by atoms with Crippen LogP contribution in [0.3, 0.4) is 0 Å². The monoisotopic (exact) mass is 379 g/mol. The molecule has 0 unspecified atom stereocenters. The number of nitro benzene ring substituents is 1. The van der Waals surface area contributed by atoms with Gasteiger partial charge in [-0.1, -0.05) is 0 Å². The number of sulfonamides is 1. The molecule has 0 saturated heterocycles. The van der Waals surface area contributed by atoms with Crippen LogP contribution in [0.15, 0.2) is 47.4 Å². The fourth-order valence-corrected chi connectivity index (χ4v) is 3.19. The summed E-state index contributed by atoms with van der Waals surface area (Å²) in [5, 5.41) is 13.2. The van der Waals surface area contributed by atoms with Crippen molar-refractivity contribution in [1.82, 2.24) is 0 Å². The molecule has 0 saturated carbocycles. The molecule has 0 bridgehead atoms. The summed E-state index contributed by atoms with van der Waals surface area (Å²) in [4.78, 5) is 21.3. The Morgan fingerprint density at radius 3 is 2.38 bits per heavy atom. The van der Waals surface area contributed by atoms with Gasteiger partial charge in [-0.25, -0.2) is 8.42 Å². The molecule has 0 fully saturated rings. The third-order valence-electron chi connectivity index (χ3n) is 3.20. The van der Waals surface area contributed by atoms with Gasteiger partial charge >= 0.3 is 0 Å². The number of carbonyl (C=O) groups is 1. The smallest absolute Gasteiger partial charge is 0.269 e. The minimum absolute atomic E-state index is 0.0944. The molecule has 0 atom stereocenters.